The minimum atomic E-state index is -0.233. The number of aliphatic hydroxyl groups excluding tert-OH is 1. The molecule has 1 aromatic rings. The number of anilines is 1. The van der Waals surface area contributed by atoms with Crippen LogP contribution in [0.4, 0.5) is 5.69 Å². The highest BCUT2D eigenvalue weighted by Gasteiger charge is 2.26. The molecular weight excluding hydrogens is 284 g/mol. The molecule has 4 heteroatoms. The van der Waals surface area contributed by atoms with Gasteiger partial charge >= 0.3 is 0 Å². The maximum atomic E-state index is 9.71. The second-order valence-electron chi connectivity index (χ2n) is 6.12. The number of rotatable bonds is 6. The minimum Gasteiger partial charge on any atom is -0.393 e. The molecular formula is C17H27ClN2O. The van der Waals surface area contributed by atoms with E-state index in [2.05, 4.69) is 42.3 Å². The summed E-state index contributed by atoms with van der Waals surface area (Å²) in [5.74, 6) is 0.369. The Kier molecular flexibility index (Phi) is 5.91. The van der Waals surface area contributed by atoms with Gasteiger partial charge in [-0.25, -0.2) is 0 Å². The van der Waals surface area contributed by atoms with Gasteiger partial charge in [0.25, 0.3) is 0 Å². The van der Waals surface area contributed by atoms with Gasteiger partial charge in [-0.2, -0.15) is 0 Å². The molecule has 1 aromatic carbocycles. The fourth-order valence-electron chi connectivity index (χ4n) is 2.95. The van der Waals surface area contributed by atoms with Gasteiger partial charge in [0, 0.05) is 35.8 Å². The molecule has 1 fully saturated rings. The molecule has 2 rings (SSSR count). The lowest BCUT2D eigenvalue weighted by molar-refractivity contribution is 0.136. The molecule has 21 heavy (non-hydrogen) atoms. The average molecular weight is 311 g/mol. The monoisotopic (exact) mass is 310 g/mol. The van der Waals surface area contributed by atoms with Gasteiger partial charge in [0.1, 0.15) is 0 Å². The number of halogens is 1. The molecule has 0 bridgehead atoms. The van der Waals surface area contributed by atoms with Crippen LogP contribution in [0.5, 0.6) is 0 Å². The van der Waals surface area contributed by atoms with E-state index < -0.39 is 0 Å². The minimum absolute atomic E-state index is 0.233. The predicted octanol–water partition coefficient (Wildman–Crippen LogP) is 3.61. The Balaban J connectivity index is 2.05. The maximum absolute atomic E-state index is 9.71. The zero-order valence-corrected chi connectivity index (χ0v) is 14.0. The summed E-state index contributed by atoms with van der Waals surface area (Å²) in [7, 11) is 0. The van der Waals surface area contributed by atoms with Crippen LogP contribution in [0.2, 0.25) is 5.02 Å². The molecule has 3 atom stereocenters. The Labute approximate surface area is 133 Å². The van der Waals surface area contributed by atoms with Crippen LogP contribution in [-0.2, 0) is 0 Å². The molecule has 3 nitrogen and oxygen atoms in total. The van der Waals surface area contributed by atoms with Crippen LogP contribution in [0.15, 0.2) is 18.2 Å². The lowest BCUT2D eigenvalue weighted by Gasteiger charge is -2.22. The highest BCUT2D eigenvalue weighted by atomic mass is 35.5. The van der Waals surface area contributed by atoms with Crippen LogP contribution in [-0.4, -0.2) is 30.8 Å². The first kappa shape index (κ1) is 16.6. The number of hydrogen-bond acceptors (Lipinski definition) is 3. The van der Waals surface area contributed by atoms with Gasteiger partial charge in [-0.1, -0.05) is 24.6 Å². The highest BCUT2D eigenvalue weighted by molar-refractivity contribution is 6.31. The van der Waals surface area contributed by atoms with E-state index in [0.29, 0.717) is 5.92 Å². The summed E-state index contributed by atoms with van der Waals surface area (Å²) in [6.07, 6.45) is 1.93. The van der Waals surface area contributed by atoms with E-state index in [0.717, 1.165) is 48.7 Å². The van der Waals surface area contributed by atoms with Crippen molar-refractivity contribution in [1.82, 2.24) is 5.32 Å². The summed E-state index contributed by atoms with van der Waals surface area (Å²) >= 11 is 6.46. The molecule has 0 spiro atoms. The van der Waals surface area contributed by atoms with Gasteiger partial charge < -0.3 is 15.3 Å². The Hall–Kier alpha value is -0.770. The van der Waals surface area contributed by atoms with Crippen molar-refractivity contribution in [3.8, 4) is 0 Å². The number of nitrogens with zero attached hydrogens (tertiary/aromatic N) is 1. The van der Waals surface area contributed by atoms with Crippen LogP contribution in [0, 0.1) is 5.92 Å². The van der Waals surface area contributed by atoms with Crippen molar-refractivity contribution in [2.45, 2.75) is 45.8 Å². The third-order valence-corrected chi connectivity index (χ3v) is 4.75. The van der Waals surface area contributed by atoms with E-state index in [1.807, 2.05) is 6.92 Å². The third kappa shape index (κ3) is 4.12. The summed E-state index contributed by atoms with van der Waals surface area (Å²) in [6.45, 7) is 9.10. The topological polar surface area (TPSA) is 35.5 Å². The summed E-state index contributed by atoms with van der Waals surface area (Å²) < 4.78 is 0. The molecule has 0 saturated carbocycles. The second-order valence-corrected chi connectivity index (χ2v) is 6.52. The average Bonchev–Trinajstić information content (AvgIpc) is 2.94. The van der Waals surface area contributed by atoms with Crippen LogP contribution >= 0.6 is 11.6 Å². The zero-order valence-electron chi connectivity index (χ0n) is 13.3. The van der Waals surface area contributed by atoms with Crippen molar-refractivity contribution < 1.29 is 5.11 Å². The number of nitrogens with one attached hydrogen (secondary N) is 1. The molecule has 1 saturated heterocycles. The normalized spacial score (nSPS) is 21.6. The zero-order chi connectivity index (χ0) is 15.4. The molecule has 0 amide bonds. The Bertz CT molecular complexity index is 464. The Morgan fingerprint density at radius 1 is 1.43 bits per heavy atom. The van der Waals surface area contributed by atoms with Gasteiger partial charge in [0.2, 0.25) is 0 Å². The summed E-state index contributed by atoms with van der Waals surface area (Å²) in [5, 5.41) is 14.0. The quantitative estimate of drug-likeness (QED) is 0.842. The molecule has 3 unspecified atom stereocenters. The summed E-state index contributed by atoms with van der Waals surface area (Å²) in [6, 6.07) is 6.61. The third-order valence-electron chi connectivity index (χ3n) is 4.42. The smallest absolute Gasteiger partial charge is 0.0557 e. The summed E-state index contributed by atoms with van der Waals surface area (Å²) in [5.41, 5.74) is 2.31. The van der Waals surface area contributed by atoms with Crippen molar-refractivity contribution in [2.24, 2.45) is 5.92 Å². The predicted molar refractivity (Wildman–Crippen MR) is 90.2 cm³/mol. The van der Waals surface area contributed by atoms with E-state index in [4.69, 9.17) is 11.6 Å². The SMILES string of the molecule is CCCNC(C)c1ccc(N2CCC(C(C)O)C2)cc1Cl. The molecule has 0 aromatic heterocycles. The second kappa shape index (κ2) is 7.48. The molecule has 0 radical (unpaired) electrons. The first-order valence-electron chi connectivity index (χ1n) is 7.98. The van der Waals surface area contributed by atoms with E-state index in [1.165, 1.54) is 0 Å². The molecule has 1 aliphatic heterocycles. The van der Waals surface area contributed by atoms with Crippen molar-refractivity contribution in [3.63, 3.8) is 0 Å². The van der Waals surface area contributed by atoms with E-state index in [1.54, 1.807) is 0 Å². The lowest BCUT2D eigenvalue weighted by Crippen LogP contribution is -2.24. The van der Waals surface area contributed by atoms with Crippen molar-refractivity contribution in [2.75, 3.05) is 24.5 Å². The molecule has 1 heterocycles. The summed E-state index contributed by atoms with van der Waals surface area (Å²) in [4.78, 5) is 2.32. The van der Waals surface area contributed by atoms with Crippen molar-refractivity contribution >= 4 is 17.3 Å². The molecule has 2 N–H and O–H groups in total. The highest BCUT2D eigenvalue weighted by Crippen LogP contribution is 2.31. The maximum Gasteiger partial charge on any atom is 0.0557 e. The fraction of sp³-hybridized carbons (Fsp3) is 0.647. The van der Waals surface area contributed by atoms with Crippen molar-refractivity contribution in [3.05, 3.63) is 28.8 Å². The largest absolute Gasteiger partial charge is 0.393 e. The molecule has 0 aliphatic carbocycles. The van der Waals surface area contributed by atoms with Gasteiger partial charge in [0.05, 0.1) is 6.10 Å². The van der Waals surface area contributed by atoms with Crippen LogP contribution in [0.1, 0.15) is 45.2 Å². The molecule has 1 aliphatic rings. The standard InChI is InChI=1S/C17H27ClN2O/c1-4-8-19-12(2)16-6-5-15(10-17(16)18)20-9-7-14(11-20)13(3)21/h5-6,10,12-14,19,21H,4,7-9,11H2,1-3H3. The number of hydrogen-bond donors (Lipinski definition) is 2. The number of benzene rings is 1. The van der Waals surface area contributed by atoms with Crippen LogP contribution < -0.4 is 10.2 Å². The Morgan fingerprint density at radius 3 is 2.76 bits per heavy atom. The van der Waals surface area contributed by atoms with Gasteiger partial charge in [0.15, 0.2) is 0 Å². The first-order valence-corrected chi connectivity index (χ1v) is 8.36. The molecule has 118 valence electrons. The van der Waals surface area contributed by atoms with E-state index >= 15 is 0 Å². The van der Waals surface area contributed by atoms with E-state index in [9.17, 15) is 5.11 Å². The van der Waals surface area contributed by atoms with Crippen LogP contribution in [0.3, 0.4) is 0 Å². The fourth-order valence-corrected chi connectivity index (χ4v) is 3.29. The van der Waals surface area contributed by atoms with E-state index in [-0.39, 0.29) is 12.1 Å². The van der Waals surface area contributed by atoms with Gasteiger partial charge in [-0.3, -0.25) is 0 Å². The Morgan fingerprint density at radius 2 is 2.19 bits per heavy atom. The first-order chi connectivity index (χ1) is 10.0. The van der Waals surface area contributed by atoms with Crippen LogP contribution in [0.25, 0.3) is 0 Å². The van der Waals surface area contributed by atoms with Crippen molar-refractivity contribution in [1.29, 1.82) is 0 Å². The van der Waals surface area contributed by atoms with Gasteiger partial charge in [-0.05, 0) is 50.9 Å². The number of aliphatic hydroxyl groups is 1. The lowest BCUT2D eigenvalue weighted by atomic mass is 10.0. The van der Waals surface area contributed by atoms with Gasteiger partial charge in [-0.15, -0.1) is 0 Å².